The van der Waals surface area contributed by atoms with Crippen molar-refractivity contribution in [3.8, 4) is 0 Å². The van der Waals surface area contributed by atoms with Crippen LogP contribution in [-0.4, -0.2) is 55.6 Å². The number of thioether (sulfide) groups is 1. The molecule has 0 saturated heterocycles. The first-order chi connectivity index (χ1) is 8.97. The maximum atomic E-state index is 12.1. The Kier molecular flexibility index (Phi) is 6.30. The first-order valence-corrected chi connectivity index (χ1v) is 7.38. The molecule has 0 atom stereocenters. The molecule has 0 aromatic carbocycles. The molecule has 0 aliphatic rings. The topological polar surface area (TPSA) is 71.2 Å². The van der Waals surface area contributed by atoms with E-state index in [2.05, 4.69) is 10.2 Å². The highest BCUT2D eigenvalue weighted by molar-refractivity contribution is 7.99. The van der Waals surface area contributed by atoms with Crippen molar-refractivity contribution in [2.45, 2.75) is 44.9 Å². The number of amides is 1. The van der Waals surface area contributed by atoms with E-state index in [1.165, 1.54) is 11.8 Å². The van der Waals surface area contributed by atoms with E-state index in [0.717, 1.165) is 5.16 Å². The van der Waals surface area contributed by atoms with Crippen LogP contribution in [0, 0.1) is 0 Å². The predicted molar refractivity (Wildman–Crippen MR) is 75.1 cm³/mol. The van der Waals surface area contributed by atoms with E-state index in [0.29, 0.717) is 12.3 Å². The molecule has 6 nitrogen and oxygen atoms in total. The van der Waals surface area contributed by atoms with Gasteiger partial charge in [0.05, 0.1) is 12.4 Å². The van der Waals surface area contributed by atoms with Crippen molar-refractivity contribution in [1.82, 2.24) is 19.7 Å². The number of hydrogen-bond acceptors (Lipinski definition) is 5. The molecule has 1 aromatic heterocycles. The number of aliphatic hydroxyl groups excluding tert-OH is 1. The molecule has 1 heterocycles. The Hall–Kier alpha value is -1.08. The summed E-state index contributed by atoms with van der Waals surface area (Å²) in [5.74, 6) is 0.316. The molecule has 19 heavy (non-hydrogen) atoms. The van der Waals surface area contributed by atoms with Crippen LogP contribution >= 0.6 is 11.8 Å². The van der Waals surface area contributed by atoms with E-state index in [-0.39, 0.29) is 24.6 Å². The highest BCUT2D eigenvalue weighted by Gasteiger charge is 2.18. The van der Waals surface area contributed by atoms with Crippen molar-refractivity contribution in [3.63, 3.8) is 0 Å². The average molecular weight is 286 g/mol. The van der Waals surface area contributed by atoms with Crippen molar-refractivity contribution in [2.24, 2.45) is 0 Å². The van der Waals surface area contributed by atoms with E-state index in [1.807, 2.05) is 32.3 Å². The smallest absolute Gasteiger partial charge is 0.233 e. The molecule has 1 N–H and O–H groups in total. The van der Waals surface area contributed by atoms with Gasteiger partial charge in [-0.05, 0) is 27.7 Å². The summed E-state index contributed by atoms with van der Waals surface area (Å²) in [5.41, 5.74) is 0. The van der Waals surface area contributed by atoms with Crippen LogP contribution in [0.2, 0.25) is 0 Å². The van der Waals surface area contributed by atoms with E-state index in [4.69, 9.17) is 5.11 Å². The molecule has 7 heteroatoms. The Labute approximate surface area is 118 Å². The van der Waals surface area contributed by atoms with Gasteiger partial charge in [0.15, 0.2) is 5.16 Å². The van der Waals surface area contributed by atoms with E-state index < -0.39 is 0 Å². The van der Waals surface area contributed by atoms with Crippen molar-refractivity contribution < 1.29 is 9.90 Å². The fourth-order valence-electron chi connectivity index (χ4n) is 1.68. The third-order valence-electron chi connectivity index (χ3n) is 2.71. The van der Waals surface area contributed by atoms with Crippen molar-refractivity contribution in [1.29, 1.82) is 0 Å². The Morgan fingerprint density at radius 2 is 2.16 bits per heavy atom. The average Bonchev–Trinajstić information content (AvgIpc) is 2.81. The number of nitrogens with zero attached hydrogens (tertiary/aromatic N) is 4. The van der Waals surface area contributed by atoms with Gasteiger partial charge in [0.1, 0.15) is 6.33 Å². The fourth-order valence-corrected chi connectivity index (χ4v) is 2.61. The summed E-state index contributed by atoms with van der Waals surface area (Å²) < 4.78 is 1.93. The molecule has 0 unspecified atom stereocenters. The van der Waals surface area contributed by atoms with E-state index >= 15 is 0 Å². The van der Waals surface area contributed by atoms with Crippen LogP contribution < -0.4 is 0 Å². The van der Waals surface area contributed by atoms with Crippen LogP contribution in [0.1, 0.15) is 33.7 Å². The molecule has 0 aliphatic heterocycles. The molecule has 0 spiro atoms. The Morgan fingerprint density at radius 3 is 2.68 bits per heavy atom. The molecule has 1 amide bonds. The van der Waals surface area contributed by atoms with Gasteiger partial charge < -0.3 is 14.6 Å². The lowest BCUT2D eigenvalue weighted by Gasteiger charge is -2.25. The first kappa shape index (κ1) is 16.0. The van der Waals surface area contributed by atoms with Gasteiger partial charge in [-0.25, -0.2) is 0 Å². The third-order valence-corrected chi connectivity index (χ3v) is 3.65. The van der Waals surface area contributed by atoms with Crippen LogP contribution in [0.25, 0.3) is 0 Å². The number of aromatic nitrogens is 3. The summed E-state index contributed by atoms with van der Waals surface area (Å²) in [6.07, 6.45) is 1.67. The standard InChI is InChI=1S/C12H22N4O2S/c1-9(2)15(5-6-17)11(18)7-19-12-14-13-8-16(12)10(3)4/h8-10,17H,5-7H2,1-4H3. The van der Waals surface area contributed by atoms with E-state index in [1.54, 1.807) is 11.2 Å². The van der Waals surface area contributed by atoms with Crippen LogP contribution in [0.3, 0.4) is 0 Å². The highest BCUT2D eigenvalue weighted by atomic mass is 32.2. The maximum Gasteiger partial charge on any atom is 0.233 e. The number of rotatable bonds is 7. The van der Waals surface area contributed by atoms with Gasteiger partial charge in [0.2, 0.25) is 5.91 Å². The molecule has 0 aliphatic carbocycles. The molecular weight excluding hydrogens is 264 g/mol. The monoisotopic (exact) mass is 286 g/mol. The zero-order valence-corrected chi connectivity index (χ0v) is 12.7. The summed E-state index contributed by atoms with van der Waals surface area (Å²) in [5, 5.41) is 17.6. The second-order valence-electron chi connectivity index (χ2n) is 4.81. The number of carbonyl (C=O) groups excluding carboxylic acids is 1. The molecule has 108 valence electrons. The van der Waals surface area contributed by atoms with Crippen molar-refractivity contribution in [3.05, 3.63) is 6.33 Å². The Bertz CT molecular complexity index is 406. The molecule has 0 saturated carbocycles. The summed E-state index contributed by atoms with van der Waals surface area (Å²) in [6.45, 7) is 8.32. The summed E-state index contributed by atoms with van der Waals surface area (Å²) in [6, 6.07) is 0.356. The summed E-state index contributed by atoms with van der Waals surface area (Å²) in [4.78, 5) is 13.8. The van der Waals surface area contributed by atoms with Crippen LogP contribution in [0.4, 0.5) is 0 Å². The lowest BCUT2D eigenvalue weighted by Crippen LogP contribution is -2.40. The number of hydrogen-bond donors (Lipinski definition) is 1. The van der Waals surface area contributed by atoms with Crippen molar-refractivity contribution in [2.75, 3.05) is 18.9 Å². The normalized spacial score (nSPS) is 11.3. The molecule has 0 radical (unpaired) electrons. The molecular formula is C12H22N4O2S. The SMILES string of the molecule is CC(C)N(CCO)C(=O)CSc1nncn1C(C)C. The lowest BCUT2D eigenvalue weighted by atomic mass is 10.3. The highest BCUT2D eigenvalue weighted by Crippen LogP contribution is 2.19. The fraction of sp³-hybridized carbons (Fsp3) is 0.750. The quantitative estimate of drug-likeness (QED) is 0.762. The lowest BCUT2D eigenvalue weighted by molar-refractivity contribution is -0.130. The number of aliphatic hydroxyl groups is 1. The summed E-state index contributed by atoms with van der Waals surface area (Å²) in [7, 11) is 0. The Balaban J connectivity index is 2.60. The van der Waals surface area contributed by atoms with Crippen molar-refractivity contribution >= 4 is 17.7 Å². The van der Waals surface area contributed by atoms with E-state index in [9.17, 15) is 4.79 Å². The zero-order valence-electron chi connectivity index (χ0n) is 11.9. The van der Waals surface area contributed by atoms with Gasteiger partial charge >= 0.3 is 0 Å². The minimum absolute atomic E-state index is 0.00681. The number of carbonyl (C=O) groups is 1. The van der Waals surface area contributed by atoms with Gasteiger partial charge in [0.25, 0.3) is 0 Å². The van der Waals surface area contributed by atoms with Crippen LogP contribution in [0.5, 0.6) is 0 Å². The minimum Gasteiger partial charge on any atom is -0.395 e. The van der Waals surface area contributed by atoms with Crippen LogP contribution in [-0.2, 0) is 4.79 Å². The largest absolute Gasteiger partial charge is 0.395 e. The van der Waals surface area contributed by atoms with Gasteiger partial charge in [-0.15, -0.1) is 10.2 Å². The third kappa shape index (κ3) is 4.50. The van der Waals surface area contributed by atoms with Crippen LogP contribution in [0.15, 0.2) is 11.5 Å². The minimum atomic E-state index is -0.0171. The zero-order chi connectivity index (χ0) is 14.4. The second kappa shape index (κ2) is 7.49. The molecule has 1 aromatic rings. The summed E-state index contributed by atoms with van der Waals surface area (Å²) >= 11 is 1.38. The molecule has 1 rings (SSSR count). The van der Waals surface area contributed by atoms with Gasteiger partial charge in [0, 0.05) is 18.6 Å². The van der Waals surface area contributed by atoms with Gasteiger partial charge in [-0.1, -0.05) is 11.8 Å². The maximum absolute atomic E-state index is 12.1. The Morgan fingerprint density at radius 1 is 1.47 bits per heavy atom. The molecule has 0 bridgehead atoms. The molecule has 0 fully saturated rings. The first-order valence-electron chi connectivity index (χ1n) is 6.40. The second-order valence-corrected chi connectivity index (χ2v) is 5.75. The van der Waals surface area contributed by atoms with Gasteiger partial charge in [-0.3, -0.25) is 4.79 Å². The van der Waals surface area contributed by atoms with Gasteiger partial charge in [-0.2, -0.15) is 0 Å². The predicted octanol–water partition coefficient (Wildman–Crippen LogP) is 1.18.